The Kier molecular flexibility index (Phi) is 6.34. The molecule has 0 bridgehead atoms. The second kappa shape index (κ2) is 9.00. The van der Waals surface area contributed by atoms with Crippen molar-refractivity contribution >= 4 is 62.7 Å². The smallest absolute Gasteiger partial charge is 0.490 e. The van der Waals surface area contributed by atoms with Crippen molar-refractivity contribution in [3.05, 3.63) is 64.4 Å². The average Bonchev–Trinajstić information content (AvgIpc) is 2.77. The summed E-state index contributed by atoms with van der Waals surface area (Å²) in [4.78, 5) is 8.56. The molecule has 4 heterocycles. The Morgan fingerprint density at radius 2 is 1.32 bits per heavy atom. The Morgan fingerprint density at radius 3 is 1.94 bits per heavy atom. The first-order valence-electron chi connectivity index (χ1n) is 9.72. The molecule has 0 saturated heterocycles. The van der Waals surface area contributed by atoms with Crippen molar-refractivity contribution in [2.45, 2.75) is 12.8 Å². The predicted octanol–water partition coefficient (Wildman–Crippen LogP) is 3.20. The van der Waals surface area contributed by atoms with Crippen molar-refractivity contribution in [3.8, 4) is 11.5 Å². The van der Waals surface area contributed by atoms with Gasteiger partial charge in [-0.05, 0) is 57.4 Å². The van der Waals surface area contributed by atoms with Crippen LogP contribution in [0.15, 0.2) is 53.3 Å². The van der Waals surface area contributed by atoms with E-state index in [9.17, 15) is 10.0 Å². The van der Waals surface area contributed by atoms with Gasteiger partial charge in [-0.1, -0.05) is 6.07 Å². The molecule has 6 rings (SSSR count). The Bertz CT molecular complexity index is 1250. The molecular formula is C22H19BBrClN2O4. The van der Waals surface area contributed by atoms with E-state index >= 15 is 0 Å². The number of ether oxygens (including phenoxy) is 2. The molecule has 2 aliphatic rings. The third kappa shape index (κ3) is 3.96. The summed E-state index contributed by atoms with van der Waals surface area (Å²) in [5, 5.41) is 20.6. The van der Waals surface area contributed by atoms with Crippen molar-refractivity contribution in [2.75, 3.05) is 13.2 Å². The molecule has 4 aromatic rings. The van der Waals surface area contributed by atoms with Crippen LogP contribution in [0.1, 0.15) is 11.1 Å². The van der Waals surface area contributed by atoms with Crippen molar-refractivity contribution in [1.29, 1.82) is 0 Å². The second-order valence-corrected chi connectivity index (χ2v) is 8.01. The number of halogens is 2. The summed E-state index contributed by atoms with van der Waals surface area (Å²) in [6.45, 7) is 1.43. The minimum Gasteiger partial charge on any atom is -0.493 e. The van der Waals surface area contributed by atoms with Crippen LogP contribution in [0.2, 0.25) is 0 Å². The monoisotopic (exact) mass is 500 g/mol. The van der Waals surface area contributed by atoms with Gasteiger partial charge in [0.2, 0.25) is 0 Å². The number of pyridine rings is 2. The number of aromatic nitrogens is 2. The van der Waals surface area contributed by atoms with Crippen LogP contribution < -0.4 is 14.9 Å². The molecule has 0 fully saturated rings. The fourth-order valence-electron chi connectivity index (χ4n) is 4.00. The number of hydrogen-bond acceptors (Lipinski definition) is 6. The zero-order valence-corrected chi connectivity index (χ0v) is 18.8. The van der Waals surface area contributed by atoms with Gasteiger partial charge in [0.25, 0.3) is 0 Å². The van der Waals surface area contributed by atoms with Crippen LogP contribution in [-0.4, -0.2) is 40.3 Å². The van der Waals surface area contributed by atoms with Gasteiger partial charge in [0.05, 0.1) is 24.2 Å². The van der Waals surface area contributed by atoms with Crippen LogP contribution in [0.5, 0.6) is 11.5 Å². The average molecular weight is 502 g/mol. The molecule has 0 atom stereocenters. The van der Waals surface area contributed by atoms with Crippen LogP contribution in [0, 0.1) is 0 Å². The lowest BCUT2D eigenvalue weighted by molar-refractivity contribution is 0.318. The van der Waals surface area contributed by atoms with E-state index in [1.807, 2.05) is 24.4 Å². The summed E-state index contributed by atoms with van der Waals surface area (Å²) in [7, 11) is -1.50. The quantitative estimate of drug-likeness (QED) is 0.390. The van der Waals surface area contributed by atoms with E-state index in [1.165, 1.54) is 5.56 Å². The highest BCUT2D eigenvalue weighted by atomic mass is 79.9. The summed E-state index contributed by atoms with van der Waals surface area (Å²) in [6.07, 6.45) is 5.36. The number of nitrogens with zero attached hydrogens (tertiary/aromatic N) is 2. The standard InChI is InChI=1S/C11H10BNO3.C11H8BrNO.ClH/c14-12(15)8-1-2-9-10-7(4-6-16-9)3-5-13-11(8)10;12-8-1-2-9-10-7(4-6-14-9)3-5-13-11(8)10;/h1-3,5,14-15H,4,6H2;1-3,5H,4,6H2;1H. The van der Waals surface area contributed by atoms with Gasteiger partial charge in [0, 0.05) is 45.9 Å². The SMILES string of the molecule is Brc1ccc2c3c(ccnc13)CCO2.Cl.OB(O)c1ccc2c3c(ccnc13)CCO2. The van der Waals surface area contributed by atoms with E-state index in [0.29, 0.717) is 17.6 Å². The van der Waals surface area contributed by atoms with Gasteiger partial charge in [0.1, 0.15) is 11.5 Å². The van der Waals surface area contributed by atoms with Gasteiger partial charge in [0.15, 0.2) is 0 Å². The molecule has 0 unspecified atom stereocenters. The molecule has 0 spiro atoms. The summed E-state index contributed by atoms with van der Waals surface area (Å²) >= 11 is 3.50. The lowest BCUT2D eigenvalue weighted by atomic mass is 9.78. The molecule has 9 heteroatoms. The number of hydrogen-bond donors (Lipinski definition) is 2. The van der Waals surface area contributed by atoms with Gasteiger partial charge >= 0.3 is 7.12 Å². The van der Waals surface area contributed by atoms with E-state index < -0.39 is 7.12 Å². The Balaban J connectivity index is 0.000000146. The molecule has 6 nitrogen and oxygen atoms in total. The maximum absolute atomic E-state index is 9.27. The normalized spacial score (nSPS) is 13.4. The van der Waals surface area contributed by atoms with Crippen LogP contribution in [0.4, 0.5) is 0 Å². The van der Waals surface area contributed by atoms with Crippen molar-refractivity contribution in [1.82, 2.24) is 9.97 Å². The number of rotatable bonds is 1. The lowest BCUT2D eigenvalue weighted by Crippen LogP contribution is -2.31. The van der Waals surface area contributed by atoms with Gasteiger partial charge in [-0.25, -0.2) is 0 Å². The maximum atomic E-state index is 9.27. The van der Waals surface area contributed by atoms with Crippen LogP contribution >= 0.6 is 28.3 Å². The lowest BCUT2D eigenvalue weighted by Gasteiger charge is -2.19. The fraction of sp³-hybridized carbons (Fsp3) is 0.182. The van der Waals surface area contributed by atoms with E-state index in [2.05, 4.69) is 32.0 Å². The molecule has 2 N–H and O–H groups in total. The third-order valence-corrected chi connectivity index (χ3v) is 6.04. The zero-order chi connectivity index (χ0) is 20.7. The fourth-order valence-corrected chi connectivity index (χ4v) is 4.43. The van der Waals surface area contributed by atoms with E-state index in [1.54, 1.807) is 18.3 Å². The van der Waals surface area contributed by atoms with E-state index in [0.717, 1.165) is 57.3 Å². The molecule has 2 aromatic carbocycles. The molecule has 0 radical (unpaired) electrons. The molecule has 31 heavy (non-hydrogen) atoms. The molecule has 2 aliphatic heterocycles. The first-order chi connectivity index (χ1) is 14.6. The van der Waals surface area contributed by atoms with Gasteiger partial charge in [-0.3, -0.25) is 9.97 Å². The Morgan fingerprint density at radius 1 is 0.774 bits per heavy atom. The molecule has 158 valence electrons. The highest BCUT2D eigenvalue weighted by Gasteiger charge is 2.21. The predicted molar refractivity (Wildman–Crippen MR) is 127 cm³/mol. The first kappa shape index (κ1) is 21.8. The van der Waals surface area contributed by atoms with Crippen LogP contribution in [0.25, 0.3) is 21.8 Å². The summed E-state index contributed by atoms with van der Waals surface area (Å²) < 4.78 is 12.1. The van der Waals surface area contributed by atoms with Crippen molar-refractivity contribution < 1.29 is 19.5 Å². The van der Waals surface area contributed by atoms with E-state index in [-0.39, 0.29) is 12.4 Å². The molecule has 2 aromatic heterocycles. The Hall–Kier alpha value is -2.39. The number of benzene rings is 2. The van der Waals surface area contributed by atoms with Gasteiger partial charge in [-0.15, -0.1) is 12.4 Å². The maximum Gasteiger partial charge on any atom is 0.490 e. The topological polar surface area (TPSA) is 84.7 Å². The largest absolute Gasteiger partial charge is 0.493 e. The van der Waals surface area contributed by atoms with Crippen LogP contribution in [-0.2, 0) is 12.8 Å². The van der Waals surface area contributed by atoms with Gasteiger partial charge < -0.3 is 19.5 Å². The zero-order valence-electron chi connectivity index (χ0n) is 16.4. The molecule has 0 saturated carbocycles. The first-order valence-corrected chi connectivity index (χ1v) is 10.5. The minimum absolute atomic E-state index is 0. The summed E-state index contributed by atoms with van der Waals surface area (Å²) in [6, 6.07) is 11.4. The molecule has 0 aliphatic carbocycles. The van der Waals surface area contributed by atoms with Crippen molar-refractivity contribution in [2.24, 2.45) is 0 Å². The molecule has 0 amide bonds. The van der Waals surface area contributed by atoms with Gasteiger partial charge in [-0.2, -0.15) is 0 Å². The Labute approximate surface area is 193 Å². The van der Waals surface area contributed by atoms with Crippen molar-refractivity contribution in [3.63, 3.8) is 0 Å². The second-order valence-electron chi connectivity index (χ2n) is 7.16. The minimum atomic E-state index is -1.50. The van der Waals surface area contributed by atoms with E-state index in [4.69, 9.17) is 9.47 Å². The third-order valence-electron chi connectivity index (χ3n) is 5.40. The summed E-state index contributed by atoms with van der Waals surface area (Å²) in [5.41, 5.74) is 4.52. The van der Waals surface area contributed by atoms with Crippen LogP contribution in [0.3, 0.4) is 0 Å². The molecular weight excluding hydrogens is 482 g/mol. The highest BCUT2D eigenvalue weighted by molar-refractivity contribution is 9.10. The highest BCUT2D eigenvalue weighted by Crippen LogP contribution is 2.35. The summed E-state index contributed by atoms with van der Waals surface area (Å²) in [5.74, 6) is 1.73.